The van der Waals surface area contributed by atoms with Crippen molar-refractivity contribution in [2.24, 2.45) is 0 Å². The van der Waals surface area contributed by atoms with Crippen molar-refractivity contribution in [3.63, 3.8) is 0 Å². The van der Waals surface area contributed by atoms with Gasteiger partial charge >= 0.3 is 0 Å². The second-order valence-corrected chi connectivity index (χ2v) is 5.16. The SMILES string of the molecule is Cc1cc(C)c(/C=C(\C#N)C(=O)c2ccccc2)cc1C. The molecule has 0 saturated heterocycles. The molecule has 2 rings (SSSR count). The summed E-state index contributed by atoms with van der Waals surface area (Å²) in [5.41, 5.74) is 5.03. The fourth-order valence-electron chi connectivity index (χ4n) is 2.19. The van der Waals surface area contributed by atoms with Gasteiger partial charge in [-0.25, -0.2) is 0 Å². The number of Topliss-reactive ketones (excluding diaryl/α,β-unsaturated/α-hetero) is 1. The standard InChI is InChI=1S/C19H17NO/c1-13-9-15(3)17(10-14(13)2)11-18(12-20)19(21)16-7-5-4-6-8-16/h4-11H,1-3H3/b18-11+. The third-order valence-electron chi connectivity index (χ3n) is 3.58. The molecule has 0 unspecified atom stereocenters. The normalized spacial score (nSPS) is 11.0. The monoisotopic (exact) mass is 275 g/mol. The van der Waals surface area contributed by atoms with Crippen LogP contribution in [0.4, 0.5) is 0 Å². The molecule has 104 valence electrons. The Kier molecular flexibility index (Phi) is 4.35. The van der Waals surface area contributed by atoms with Crippen LogP contribution in [0.1, 0.15) is 32.6 Å². The average molecular weight is 275 g/mol. The Morgan fingerprint density at radius 2 is 1.62 bits per heavy atom. The van der Waals surface area contributed by atoms with E-state index in [9.17, 15) is 10.1 Å². The van der Waals surface area contributed by atoms with E-state index >= 15 is 0 Å². The van der Waals surface area contributed by atoms with E-state index in [1.165, 1.54) is 5.56 Å². The number of ketones is 1. The Bertz CT molecular complexity index is 749. The Morgan fingerprint density at radius 1 is 1.00 bits per heavy atom. The lowest BCUT2D eigenvalue weighted by Gasteiger charge is -2.07. The van der Waals surface area contributed by atoms with Crippen LogP contribution in [0.5, 0.6) is 0 Å². The van der Waals surface area contributed by atoms with Crippen LogP contribution in [0.3, 0.4) is 0 Å². The highest BCUT2D eigenvalue weighted by atomic mass is 16.1. The molecule has 0 atom stereocenters. The van der Waals surface area contributed by atoms with Crippen molar-refractivity contribution in [2.75, 3.05) is 0 Å². The van der Waals surface area contributed by atoms with Crippen molar-refractivity contribution in [2.45, 2.75) is 20.8 Å². The van der Waals surface area contributed by atoms with Gasteiger partial charge in [0.25, 0.3) is 0 Å². The molecule has 0 fully saturated rings. The van der Waals surface area contributed by atoms with Crippen molar-refractivity contribution in [1.82, 2.24) is 0 Å². The Morgan fingerprint density at radius 3 is 2.24 bits per heavy atom. The van der Waals surface area contributed by atoms with Gasteiger partial charge in [-0.15, -0.1) is 0 Å². The van der Waals surface area contributed by atoms with E-state index in [0.29, 0.717) is 5.56 Å². The van der Waals surface area contributed by atoms with Crippen LogP contribution in [-0.4, -0.2) is 5.78 Å². The maximum absolute atomic E-state index is 12.4. The molecular weight excluding hydrogens is 258 g/mol. The van der Waals surface area contributed by atoms with Crippen molar-refractivity contribution in [1.29, 1.82) is 5.26 Å². The Labute approximate surface area is 125 Å². The molecule has 2 heteroatoms. The zero-order valence-electron chi connectivity index (χ0n) is 12.5. The molecule has 0 aliphatic heterocycles. The summed E-state index contributed by atoms with van der Waals surface area (Å²) >= 11 is 0. The molecule has 0 saturated carbocycles. The number of allylic oxidation sites excluding steroid dienone is 1. The number of carbonyl (C=O) groups excluding carboxylic acids is 1. The van der Waals surface area contributed by atoms with Crippen LogP contribution >= 0.6 is 0 Å². The predicted molar refractivity (Wildman–Crippen MR) is 85.0 cm³/mol. The van der Waals surface area contributed by atoms with E-state index in [-0.39, 0.29) is 11.4 Å². The Hall–Kier alpha value is -2.66. The first kappa shape index (κ1) is 14.7. The van der Waals surface area contributed by atoms with Crippen LogP contribution in [0.2, 0.25) is 0 Å². The molecule has 0 spiro atoms. The fourth-order valence-corrected chi connectivity index (χ4v) is 2.19. The van der Waals surface area contributed by atoms with E-state index in [2.05, 4.69) is 13.0 Å². The zero-order chi connectivity index (χ0) is 15.4. The lowest BCUT2D eigenvalue weighted by molar-refractivity contribution is 0.104. The largest absolute Gasteiger partial charge is 0.288 e. The minimum Gasteiger partial charge on any atom is -0.288 e. The quantitative estimate of drug-likeness (QED) is 0.473. The predicted octanol–water partition coefficient (Wildman–Crippen LogP) is 4.40. The first-order chi connectivity index (χ1) is 10.0. The number of nitrogens with zero attached hydrogens (tertiary/aromatic N) is 1. The summed E-state index contributed by atoms with van der Waals surface area (Å²) in [5, 5.41) is 9.29. The number of hydrogen-bond donors (Lipinski definition) is 0. The molecule has 0 heterocycles. The van der Waals surface area contributed by atoms with Crippen LogP contribution < -0.4 is 0 Å². The second-order valence-electron chi connectivity index (χ2n) is 5.16. The van der Waals surface area contributed by atoms with E-state index in [0.717, 1.165) is 16.7 Å². The van der Waals surface area contributed by atoms with Gasteiger partial charge in [-0.05, 0) is 49.1 Å². The third-order valence-corrected chi connectivity index (χ3v) is 3.58. The molecule has 2 aromatic carbocycles. The molecule has 21 heavy (non-hydrogen) atoms. The van der Waals surface area contributed by atoms with Gasteiger partial charge < -0.3 is 0 Å². The molecule has 0 aliphatic rings. The van der Waals surface area contributed by atoms with Crippen molar-refractivity contribution in [3.8, 4) is 6.07 Å². The number of aryl methyl sites for hydroxylation is 3. The zero-order valence-corrected chi connectivity index (χ0v) is 12.5. The summed E-state index contributed by atoms with van der Waals surface area (Å²) in [6.07, 6.45) is 1.68. The van der Waals surface area contributed by atoms with Gasteiger partial charge in [0.1, 0.15) is 11.6 Å². The first-order valence-electron chi connectivity index (χ1n) is 6.82. The van der Waals surface area contributed by atoms with Crippen LogP contribution in [0, 0.1) is 32.1 Å². The van der Waals surface area contributed by atoms with Gasteiger partial charge in [-0.2, -0.15) is 5.26 Å². The number of rotatable bonds is 3. The van der Waals surface area contributed by atoms with E-state index in [4.69, 9.17) is 0 Å². The summed E-state index contributed by atoms with van der Waals surface area (Å²) in [6.45, 7) is 6.06. The lowest BCUT2D eigenvalue weighted by Crippen LogP contribution is -2.02. The van der Waals surface area contributed by atoms with Gasteiger partial charge in [0.15, 0.2) is 0 Å². The molecule has 0 radical (unpaired) electrons. The van der Waals surface area contributed by atoms with Crippen LogP contribution in [0.25, 0.3) is 6.08 Å². The number of nitriles is 1. The fraction of sp³-hybridized carbons (Fsp3) is 0.158. The summed E-state index contributed by atoms with van der Waals surface area (Å²) < 4.78 is 0. The highest BCUT2D eigenvalue weighted by Gasteiger charge is 2.12. The molecular formula is C19H17NO. The second kappa shape index (κ2) is 6.19. The number of hydrogen-bond acceptors (Lipinski definition) is 2. The van der Waals surface area contributed by atoms with Gasteiger partial charge in [0.05, 0.1) is 0 Å². The molecule has 2 nitrogen and oxygen atoms in total. The summed E-state index contributed by atoms with van der Waals surface area (Å²) in [7, 11) is 0. The van der Waals surface area contributed by atoms with Crippen molar-refractivity contribution < 1.29 is 4.79 Å². The van der Waals surface area contributed by atoms with Crippen LogP contribution in [0.15, 0.2) is 48.0 Å². The van der Waals surface area contributed by atoms with Crippen molar-refractivity contribution in [3.05, 3.63) is 75.9 Å². The minimum absolute atomic E-state index is 0.160. The van der Waals surface area contributed by atoms with Gasteiger partial charge in [0, 0.05) is 5.56 Å². The molecule has 0 aromatic heterocycles. The summed E-state index contributed by atoms with van der Waals surface area (Å²) in [5.74, 6) is -0.240. The summed E-state index contributed by atoms with van der Waals surface area (Å²) in [6, 6.07) is 15.0. The molecule has 0 bridgehead atoms. The molecule has 0 aliphatic carbocycles. The van der Waals surface area contributed by atoms with E-state index in [1.807, 2.05) is 32.0 Å². The van der Waals surface area contributed by atoms with Gasteiger partial charge in [0.2, 0.25) is 5.78 Å². The first-order valence-corrected chi connectivity index (χ1v) is 6.82. The smallest absolute Gasteiger partial charge is 0.203 e. The Balaban J connectivity index is 2.45. The third kappa shape index (κ3) is 3.27. The van der Waals surface area contributed by atoms with Gasteiger partial charge in [-0.1, -0.05) is 42.5 Å². The molecule has 0 N–H and O–H groups in total. The molecule has 0 amide bonds. The van der Waals surface area contributed by atoms with E-state index < -0.39 is 0 Å². The number of carbonyl (C=O) groups is 1. The maximum atomic E-state index is 12.4. The van der Waals surface area contributed by atoms with Crippen LogP contribution in [-0.2, 0) is 0 Å². The van der Waals surface area contributed by atoms with Gasteiger partial charge in [-0.3, -0.25) is 4.79 Å². The highest BCUT2D eigenvalue weighted by Crippen LogP contribution is 2.19. The summed E-state index contributed by atoms with van der Waals surface area (Å²) in [4.78, 5) is 12.4. The lowest BCUT2D eigenvalue weighted by atomic mass is 9.97. The average Bonchev–Trinajstić information content (AvgIpc) is 2.50. The number of benzene rings is 2. The minimum atomic E-state index is -0.240. The topological polar surface area (TPSA) is 40.9 Å². The van der Waals surface area contributed by atoms with E-state index in [1.54, 1.807) is 30.3 Å². The highest BCUT2D eigenvalue weighted by molar-refractivity contribution is 6.14. The maximum Gasteiger partial charge on any atom is 0.203 e. The molecule has 2 aromatic rings. The van der Waals surface area contributed by atoms with Crippen molar-refractivity contribution >= 4 is 11.9 Å².